The molecule has 1 aromatic carbocycles. The van der Waals surface area contributed by atoms with Crippen molar-refractivity contribution in [3.63, 3.8) is 0 Å². The lowest BCUT2D eigenvalue weighted by Gasteiger charge is -2.25. The van der Waals surface area contributed by atoms with Crippen LogP contribution in [0.5, 0.6) is 0 Å². The summed E-state index contributed by atoms with van der Waals surface area (Å²) in [6.45, 7) is 4.39. The summed E-state index contributed by atoms with van der Waals surface area (Å²) in [5.74, 6) is 0.0223. The van der Waals surface area contributed by atoms with Crippen LogP contribution in [0.25, 0.3) is 0 Å². The zero-order chi connectivity index (χ0) is 13.6. The summed E-state index contributed by atoms with van der Waals surface area (Å²) >= 11 is 0. The van der Waals surface area contributed by atoms with E-state index in [0.29, 0.717) is 6.54 Å². The Kier molecular flexibility index (Phi) is 5.78. The molecule has 0 N–H and O–H groups in total. The molecule has 0 bridgehead atoms. The number of hydrogen-bond donors (Lipinski definition) is 0. The van der Waals surface area contributed by atoms with Crippen LogP contribution in [0.3, 0.4) is 0 Å². The van der Waals surface area contributed by atoms with Crippen LogP contribution in [-0.2, 0) is 21.3 Å². The van der Waals surface area contributed by atoms with Gasteiger partial charge in [0.1, 0.15) is 0 Å². The van der Waals surface area contributed by atoms with Gasteiger partial charge in [-0.05, 0) is 19.4 Å². The van der Waals surface area contributed by atoms with Crippen molar-refractivity contribution in [2.24, 2.45) is 0 Å². The van der Waals surface area contributed by atoms with E-state index in [2.05, 4.69) is 0 Å². The zero-order valence-electron chi connectivity index (χ0n) is 11.2. The van der Waals surface area contributed by atoms with E-state index in [4.69, 9.17) is 4.74 Å². The molecule has 0 spiro atoms. The quantitative estimate of drug-likeness (QED) is 0.760. The second kappa shape index (κ2) is 6.87. The predicted octanol–water partition coefficient (Wildman–Crippen LogP) is 1.87. The summed E-state index contributed by atoms with van der Waals surface area (Å²) in [7, 11) is -1.77. The number of methoxy groups -OCH3 is 1. The lowest BCUT2D eigenvalue weighted by Crippen LogP contribution is -2.38. The molecule has 18 heavy (non-hydrogen) atoms. The average molecular weight is 271 g/mol. The van der Waals surface area contributed by atoms with Gasteiger partial charge in [0.05, 0.1) is 12.4 Å². The van der Waals surface area contributed by atoms with Crippen molar-refractivity contribution in [2.45, 2.75) is 26.4 Å². The Hall–Kier alpha value is -0.910. The maximum Gasteiger partial charge on any atom is 0.216 e. The Morgan fingerprint density at radius 2 is 1.83 bits per heavy atom. The second-order valence-corrected chi connectivity index (χ2v) is 6.47. The van der Waals surface area contributed by atoms with Crippen LogP contribution in [0, 0.1) is 0 Å². The zero-order valence-corrected chi connectivity index (χ0v) is 12.0. The van der Waals surface area contributed by atoms with Crippen molar-refractivity contribution in [3.05, 3.63) is 35.9 Å². The lowest BCUT2D eigenvalue weighted by atomic mass is 10.2. The first-order valence-electron chi connectivity index (χ1n) is 5.99. The van der Waals surface area contributed by atoms with Crippen LogP contribution in [0.2, 0.25) is 0 Å². The first kappa shape index (κ1) is 15.1. The van der Waals surface area contributed by atoms with Gasteiger partial charge in [0.2, 0.25) is 10.0 Å². The molecule has 5 heteroatoms. The molecular formula is C13H21NO3S. The van der Waals surface area contributed by atoms with Crippen molar-refractivity contribution >= 4 is 10.0 Å². The fourth-order valence-corrected chi connectivity index (χ4v) is 3.27. The Morgan fingerprint density at radius 1 is 1.22 bits per heavy atom. The van der Waals surface area contributed by atoms with Crippen LogP contribution < -0.4 is 0 Å². The SMILES string of the molecule is COCCS(=O)(=O)N(Cc1ccccc1)C(C)C. The molecule has 0 atom stereocenters. The largest absolute Gasteiger partial charge is 0.384 e. The van der Waals surface area contributed by atoms with Gasteiger partial charge in [-0.3, -0.25) is 0 Å². The minimum absolute atomic E-state index is 0.0223. The highest BCUT2D eigenvalue weighted by molar-refractivity contribution is 7.89. The molecular weight excluding hydrogens is 250 g/mol. The van der Waals surface area contributed by atoms with E-state index in [0.717, 1.165) is 5.56 Å². The van der Waals surface area contributed by atoms with Crippen molar-refractivity contribution in [3.8, 4) is 0 Å². The molecule has 1 aromatic rings. The molecule has 4 nitrogen and oxygen atoms in total. The van der Waals surface area contributed by atoms with Crippen molar-refractivity contribution in [1.29, 1.82) is 0 Å². The molecule has 0 amide bonds. The molecule has 0 saturated carbocycles. The van der Waals surface area contributed by atoms with Crippen molar-refractivity contribution in [2.75, 3.05) is 19.5 Å². The van der Waals surface area contributed by atoms with Gasteiger partial charge in [-0.2, -0.15) is 4.31 Å². The normalized spacial score (nSPS) is 12.3. The third-order valence-electron chi connectivity index (χ3n) is 2.66. The van der Waals surface area contributed by atoms with E-state index >= 15 is 0 Å². The Bertz CT molecular complexity index is 443. The minimum atomic E-state index is -3.27. The highest BCUT2D eigenvalue weighted by atomic mass is 32.2. The molecule has 1 rings (SSSR count). The van der Waals surface area contributed by atoms with E-state index in [1.165, 1.54) is 11.4 Å². The van der Waals surface area contributed by atoms with Gasteiger partial charge >= 0.3 is 0 Å². The molecule has 0 heterocycles. The third kappa shape index (κ3) is 4.40. The smallest absolute Gasteiger partial charge is 0.216 e. The summed E-state index contributed by atoms with van der Waals surface area (Å²) in [6.07, 6.45) is 0. The van der Waals surface area contributed by atoms with Gasteiger partial charge in [0.25, 0.3) is 0 Å². The number of benzene rings is 1. The summed E-state index contributed by atoms with van der Waals surface area (Å²) in [5, 5.41) is 0. The summed E-state index contributed by atoms with van der Waals surface area (Å²) in [5.41, 5.74) is 0.993. The number of sulfonamides is 1. The van der Waals surface area contributed by atoms with Crippen LogP contribution in [0.15, 0.2) is 30.3 Å². The summed E-state index contributed by atoms with van der Waals surface area (Å²) in [6, 6.07) is 9.54. The van der Waals surface area contributed by atoms with Gasteiger partial charge in [0.15, 0.2) is 0 Å². The van der Waals surface area contributed by atoms with Gasteiger partial charge < -0.3 is 4.74 Å². The number of rotatable bonds is 7. The summed E-state index contributed by atoms with van der Waals surface area (Å²) < 4.78 is 30.7. The first-order valence-corrected chi connectivity index (χ1v) is 7.60. The fraction of sp³-hybridized carbons (Fsp3) is 0.538. The Morgan fingerprint density at radius 3 is 2.33 bits per heavy atom. The van der Waals surface area contributed by atoms with Crippen LogP contribution in [0.4, 0.5) is 0 Å². The van der Waals surface area contributed by atoms with Gasteiger partial charge in [-0.1, -0.05) is 30.3 Å². The molecule has 0 aromatic heterocycles. The molecule has 0 radical (unpaired) electrons. The number of nitrogens with zero attached hydrogens (tertiary/aromatic N) is 1. The third-order valence-corrected chi connectivity index (χ3v) is 4.61. The lowest BCUT2D eigenvalue weighted by molar-refractivity contribution is 0.214. The second-order valence-electron chi connectivity index (χ2n) is 4.43. The molecule has 102 valence electrons. The highest BCUT2D eigenvalue weighted by Crippen LogP contribution is 2.13. The molecule has 0 fully saturated rings. The Balaban J connectivity index is 2.83. The van der Waals surface area contributed by atoms with E-state index in [-0.39, 0.29) is 18.4 Å². The molecule has 0 aliphatic heterocycles. The molecule has 0 aliphatic carbocycles. The maximum absolute atomic E-state index is 12.2. The monoisotopic (exact) mass is 271 g/mol. The Labute approximate surface area is 110 Å². The van der Waals surface area contributed by atoms with E-state index in [1.807, 2.05) is 44.2 Å². The molecule has 0 saturated heterocycles. The van der Waals surface area contributed by atoms with Crippen molar-refractivity contribution in [1.82, 2.24) is 4.31 Å². The topological polar surface area (TPSA) is 46.6 Å². The fourth-order valence-electron chi connectivity index (χ4n) is 1.67. The van der Waals surface area contributed by atoms with Gasteiger partial charge in [-0.15, -0.1) is 0 Å². The minimum Gasteiger partial charge on any atom is -0.384 e. The predicted molar refractivity (Wildman–Crippen MR) is 72.8 cm³/mol. The van der Waals surface area contributed by atoms with Crippen LogP contribution >= 0.6 is 0 Å². The highest BCUT2D eigenvalue weighted by Gasteiger charge is 2.24. The van der Waals surface area contributed by atoms with Gasteiger partial charge in [-0.25, -0.2) is 8.42 Å². The maximum atomic E-state index is 12.2. The van der Waals surface area contributed by atoms with E-state index < -0.39 is 10.0 Å². The summed E-state index contributed by atoms with van der Waals surface area (Å²) in [4.78, 5) is 0. The van der Waals surface area contributed by atoms with E-state index in [9.17, 15) is 8.42 Å². The van der Waals surface area contributed by atoms with Gasteiger partial charge in [0, 0.05) is 19.7 Å². The van der Waals surface area contributed by atoms with E-state index in [1.54, 1.807) is 0 Å². The first-order chi connectivity index (χ1) is 8.47. The van der Waals surface area contributed by atoms with Crippen LogP contribution in [0.1, 0.15) is 19.4 Å². The molecule has 0 unspecified atom stereocenters. The van der Waals surface area contributed by atoms with Crippen molar-refractivity contribution < 1.29 is 13.2 Å². The average Bonchev–Trinajstić information content (AvgIpc) is 2.34. The standard InChI is InChI=1S/C13H21NO3S/c1-12(2)14(18(15,16)10-9-17-3)11-13-7-5-4-6-8-13/h4-8,12H,9-11H2,1-3H3. The molecule has 0 aliphatic rings. The number of ether oxygens (including phenoxy) is 1. The number of hydrogen-bond acceptors (Lipinski definition) is 3. The van der Waals surface area contributed by atoms with Crippen LogP contribution in [-0.4, -0.2) is 38.2 Å².